The summed E-state index contributed by atoms with van der Waals surface area (Å²) in [7, 11) is 4.00. The van der Waals surface area contributed by atoms with E-state index in [1.807, 2.05) is 61.6 Å². The van der Waals surface area contributed by atoms with E-state index < -0.39 is 0 Å². The normalized spacial score (nSPS) is 11.2. The summed E-state index contributed by atoms with van der Waals surface area (Å²) >= 11 is 0. The van der Waals surface area contributed by atoms with Crippen molar-refractivity contribution in [1.29, 1.82) is 0 Å². The molecule has 0 aliphatic heterocycles. The molecule has 0 unspecified atom stereocenters. The van der Waals surface area contributed by atoms with E-state index in [0.29, 0.717) is 6.54 Å². The molecule has 0 amide bonds. The van der Waals surface area contributed by atoms with Gasteiger partial charge in [-0.3, -0.25) is 4.98 Å². The fourth-order valence-corrected chi connectivity index (χ4v) is 1.95. The Morgan fingerprint density at radius 2 is 1.86 bits per heavy atom. The second-order valence-corrected chi connectivity index (χ2v) is 5.02. The van der Waals surface area contributed by atoms with E-state index in [0.717, 1.165) is 24.6 Å². The minimum atomic E-state index is 0.685. The van der Waals surface area contributed by atoms with Crippen LogP contribution in [-0.4, -0.2) is 36.5 Å². The fourth-order valence-electron chi connectivity index (χ4n) is 1.95. The summed E-state index contributed by atoms with van der Waals surface area (Å²) in [6.45, 7) is 1.51. The van der Waals surface area contributed by atoms with E-state index in [9.17, 15) is 0 Å². The molecule has 2 rings (SSSR count). The van der Waals surface area contributed by atoms with Gasteiger partial charge in [0.15, 0.2) is 5.96 Å². The molecule has 0 atom stereocenters. The minimum Gasteiger partial charge on any atom is -0.356 e. The van der Waals surface area contributed by atoms with Crippen LogP contribution in [0, 0.1) is 0 Å². The number of rotatable bonds is 5. The smallest absolute Gasteiger partial charge is 0.193 e. The quantitative estimate of drug-likeness (QED) is 0.676. The molecular formula is C17H22N4. The fraction of sp³-hybridized carbons (Fsp3) is 0.294. The van der Waals surface area contributed by atoms with Gasteiger partial charge in [0.2, 0.25) is 0 Å². The lowest BCUT2D eigenvalue weighted by Gasteiger charge is -2.17. The van der Waals surface area contributed by atoms with Crippen LogP contribution in [0.2, 0.25) is 0 Å². The number of aromatic nitrogens is 1. The summed E-state index contributed by atoms with van der Waals surface area (Å²) < 4.78 is 0. The molecule has 1 N–H and O–H groups in total. The van der Waals surface area contributed by atoms with Crippen molar-refractivity contribution in [3.8, 4) is 0 Å². The Balaban J connectivity index is 1.87. The maximum Gasteiger partial charge on any atom is 0.193 e. The summed E-state index contributed by atoms with van der Waals surface area (Å²) in [5.74, 6) is 0.898. The van der Waals surface area contributed by atoms with Crippen molar-refractivity contribution < 1.29 is 0 Å². The van der Waals surface area contributed by atoms with E-state index in [1.54, 1.807) is 0 Å². The van der Waals surface area contributed by atoms with Crippen LogP contribution < -0.4 is 5.32 Å². The number of hydrogen-bond acceptors (Lipinski definition) is 2. The van der Waals surface area contributed by atoms with Crippen LogP contribution in [0.1, 0.15) is 11.3 Å². The van der Waals surface area contributed by atoms with Gasteiger partial charge in [-0.1, -0.05) is 36.4 Å². The number of guanidine groups is 1. The van der Waals surface area contributed by atoms with Crippen molar-refractivity contribution in [2.24, 2.45) is 4.99 Å². The van der Waals surface area contributed by atoms with Gasteiger partial charge in [0, 0.05) is 39.0 Å². The number of aliphatic imine (C=N–C) groups is 1. The van der Waals surface area contributed by atoms with Crippen LogP contribution in [0.5, 0.6) is 0 Å². The Bertz CT molecular complexity index is 550. The van der Waals surface area contributed by atoms with Crippen LogP contribution in [0.25, 0.3) is 0 Å². The average Bonchev–Trinajstić information content (AvgIpc) is 2.52. The largest absolute Gasteiger partial charge is 0.356 e. The highest BCUT2D eigenvalue weighted by Crippen LogP contribution is 2.00. The molecule has 4 heteroatoms. The van der Waals surface area contributed by atoms with Gasteiger partial charge in [0.05, 0.1) is 6.54 Å². The predicted octanol–water partition coefficient (Wildman–Crippen LogP) is 2.33. The zero-order valence-corrected chi connectivity index (χ0v) is 12.7. The van der Waals surface area contributed by atoms with Gasteiger partial charge in [0.25, 0.3) is 0 Å². The zero-order valence-electron chi connectivity index (χ0n) is 12.7. The second kappa shape index (κ2) is 8.04. The molecule has 1 aromatic heterocycles. The van der Waals surface area contributed by atoms with E-state index in [-0.39, 0.29) is 0 Å². The van der Waals surface area contributed by atoms with Crippen LogP contribution in [0.4, 0.5) is 0 Å². The molecule has 4 nitrogen and oxygen atoms in total. The highest BCUT2D eigenvalue weighted by molar-refractivity contribution is 5.79. The summed E-state index contributed by atoms with van der Waals surface area (Å²) in [4.78, 5) is 11.0. The van der Waals surface area contributed by atoms with E-state index >= 15 is 0 Å². The number of hydrogen-bond donors (Lipinski definition) is 1. The maximum absolute atomic E-state index is 4.64. The van der Waals surface area contributed by atoms with Gasteiger partial charge < -0.3 is 10.2 Å². The molecule has 0 saturated carbocycles. The SMILES string of the molecule is CN(C)C(=NCc1ccccc1)NCCc1ccccn1. The number of benzene rings is 1. The summed E-state index contributed by atoms with van der Waals surface area (Å²) in [6, 6.07) is 16.3. The lowest BCUT2D eigenvalue weighted by atomic mass is 10.2. The molecule has 0 bridgehead atoms. The number of nitrogens with one attached hydrogen (secondary N) is 1. The highest BCUT2D eigenvalue weighted by atomic mass is 15.3. The van der Waals surface area contributed by atoms with E-state index in [4.69, 9.17) is 0 Å². The van der Waals surface area contributed by atoms with Gasteiger partial charge in [-0.2, -0.15) is 0 Å². The first kappa shape index (κ1) is 15.0. The maximum atomic E-state index is 4.64. The van der Waals surface area contributed by atoms with Crippen molar-refractivity contribution in [1.82, 2.24) is 15.2 Å². The summed E-state index contributed by atoms with van der Waals surface area (Å²) in [6.07, 6.45) is 2.71. The Kier molecular flexibility index (Phi) is 5.76. The molecule has 0 radical (unpaired) electrons. The monoisotopic (exact) mass is 282 g/mol. The van der Waals surface area contributed by atoms with E-state index in [1.165, 1.54) is 5.56 Å². The Morgan fingerprint density at radius 1 is 1.10 bits per heavy atom. The first-order valence-corrected chi connectivity index (χ1v) is 7.15. The molecular weight excluding hydrogens is 260 g/mol. The van der Waals surface area contributed by atoms with Crippen molar-refractivity contribution in [2.75, 3.05) is 20.6 Å². The van der Waals surface area contributed by atoms with Crippen molar-refractivity contribution in [2.45, 2.75) is 13.0 Å². The van der Waals surface area contributed by atoms with Gasteiger partial charge in [-0.15, -0.1) is 0 Å². The summed E-state index contributed by atoms with van der Waals surface area (Å²) in [5, 5.41) is 3.37. The molecule has 110 valence electrons. The molecule has 1 aromatic carbocycles. The number of pyridine rings is 1. The van der Waals surface area contributed by atoms with Gasteiger partial charge in [-0.05, 0) is 17.7 Å². The molecule has 0 fully saturated rings. The van der Waals surface area contributed by atoms with Gasteiger partial charge in [-0.25, -0.2) is 4.99 Å². The summed E-state index contributed by atoms with van der Waals surface area (Å²) in [5.41, 5.74) is 2.30. The minimum absolute atomic E-state index is 0.685. The first-order valence-electron chi connectivity index (χ1n) is 7.15. The topological polar surface area (TPSA) is 40.5 Å². The van der Waals surface area contributed by atoms with Crippen LogP contribution in [-0.2, 0) is 13.0 Å². The highest BCUT2D eigenvalue weighted by Gasteiger charge is 2.01. The van der Waals surface area contributed by atoms with Crippen LogP contribution in [0.3, 0.4) is 0 Å². The number of nitrogens with zero attached hydrogens (tertiary/aromatic N) is 3. The van der Waals surface area contributed by atoms with Gasteiger partial charge in [0.1, 0.15) is 0 Å². The Hall–Kier alpha value is -2.36. The van der Waals surface area contributed by atoms with Crippen molar-refractivity contribution in [3.63, 3.8) is 0 Å². The molecule has 2 aromatic rings. The molecule has 0 saturated heterocycles. The molecule has 0 aliphatic carbocycles. The molecule has 1 heterocycles. The Morgan fingerprint density at radius 3 is 2.52 bits per heavy atom. The lowest BCUT2D eigenvalue weighted by molar-refractivity contribution is 0.578. The average molecular weight is 282 g/mol. The zero-order chi connectivity index (χ0) is 14.9. The Labute approximate surface area is 126 Å². The molecule has 0 aliphatic rings. The third-order valence-corrected chi connectivity index (χ3v) is 3.07. The third kappa shape index (κ3) is 5.26. The second-order valence-electron chi connectivity index (χ2n) is 5.02. The van der Waals surface area contributed by atoms with E-state index in [2.05, 4.69) is 27.4 Å². The third-order valence-electron chi connectivity index (χ3n) is 3.07. The predicted molar refractivity (Wildman–Crippen MR) is 87.2 cm³/mol. The van der Waals surface area contributed by atoms with Crippen LogP contribution >= 0.6 is 0 Å². The van der Waals surface area contributed by atoms with Crippen molar-refractivity contribution in [3.05, 3.63) is 66.0 Å². The molecule has 21 heavy (non-hydrogen) atoms. The molecule has 0 spiro atoms. The van der Waals surface area contributed by atoms with Gasteiger partial charge >= 0.3 is 0 Å². The van der Waals surface area contributed by atoms with Crippen LogP contribution in [0.15, 0.2) is 59.7 Å². The van der Waals surface area contributed by atoms with Crippen molar-refractivity contribution >= 4 is 5.96 Å². The standard InChI is InChI=1S/C17H22N4/c1-21(2)17(20-14-15-8-4-3-5-9-15)19-13-11-16-10-6-7-12-18-16/h3-10,12H,11,13-14H2,1-2H3,(H,19,20). The first-order chi connectivity index (χ1) is 10.3. The lowest BCUT2D eigenvalue weighted by Crippen LogP contribution is -2.37.